The van der Waals surface area contributed by atoms with Crippen molar-refractivity contribution in [1.29, 1.82) is 0 Å². The molecule has 0 aliphatic rings. The van der Waals surface area contributed by atoms with E-state index in [1.165, 1.54) is 17.7 Å². The Kier molecular flexibility index (Phi) is 7.37. The first-order valence-corrected chi connectivity index (χ1v) is 8.17. The summed E-state index contributed by atoms with van der Waals surface area (Å²) in [4.78, 5) is 8.15. The van der Waals surface area contributed by atoms with Crippen LogP contribution in [0.1, 0.15) is 38.5 Å². The van der Waals surface area contributed by atoms with E-state index in [0.717, 1.165) is 24.0 Å². The second kappa shape index (κ2) is 8.59. The lowest BCUT2D eigenvalue weighted by molar-refractivity contribution is 0.742. The third kappa shape index (κ3) is 5.13. The number of hydrogen-bond acceptors (Lipinski definition) is 4. The molecule has 17 heavy (non-hydrogen) atoms. The molecule has 0 saturated heterocycles. The maximum atomic E-state index is 4.52. The highest BCUT2D eigenvalue weighted by atomic mass is 32.2. The first-order chi connectivity index (χ1) is 8.31. The van der Waals surface area contributed by atoms with E-state index in [2.05, 4.69) is 42.1 Å². The molecule has 1 aromatic rings. The largest absolute Gasteiger partial charge is 0.348 e. The van der Waals surface area contributed by atoms with Crippen LogP contribution in [0.3, 0.4) is 0 Å². The molecule has 1 aromatic heterocycles. The average Bonchev–Trinajstić information content (AvgIpc) is 2.78. The molecule has 0 amide bonds. The summed E-state index contributed by atoms with van der Waals surface area (Å²) in [6, 6.07) is 0. The Labute approximate surface area is 113 Å². The Morgan fingerprint density at radius 1 is 1.29 bits per heavy atom. The van der Waals surface area contributed by atoms with Crippen molar-refractivity contribution in [3.05, 3.63) is 16.5 Å². The number of nitrogens with zero attached hydrogens (tertiary/aromatic N) is 2. The lowest BCUT2D eigenvalue weighted by atomic mass is 10.4. The van der Waals surface area contributed by atoms with Crippen molar-refractivity contribution in [3.63, 3.8) is 0 Å². The van der Waals surface area contributed by atoms with Gasteiger partial charge < -0.3 is 4.90 Å². The second-order valence-electron chi connectivity index (χ2n) is 3.79. The Morgan fingerprint density at radius 2 is 2.00 bits per heavy atom. The van der Waals surface area contributed by atoms with Crippen molar-refractivity contribution in [2.24, 2.45) is 0 Å². The topological polar surface area (TPSA) is 16.1 Å². The summed E-state index contributed by atoms with van der Waals surface area (Å²) in [6.07, 6.45) is 6.49. The fourth-order valence-corrected chi connectivity index (χ4v) is 2.95. The molecule has 0 aliphatic carbocycles. The zero-order valence-electron chi connectivity index (χ0n) is 11.0. The summed E-state index contributed by atoms with van der Waals surface area (Å²) in [5.74, 6) is 1.12. The van der Waals surface area contributed by atoms with Gasteiger partial charge in [-0.05, 0) is 30.1 Å². The van der Waals surface area contributed by atoms with Gasteiger partial charge in [0, 0.05) is 24.2 Å². The van der Waals surface area contributed by atoms with Crippen LogP contribution in [-0.4, -0.2) is 23.8 Å². The molecular weight excluding hydrogens is 248 g/mol. The van der Waals surface area contributed by atoms with Crippen LogP contribution in [0.5, 0.6) is 0 Å². The molecule has 0 spiro atoms. The van der Waals surface area contributed by atoms with Crippen LogP contribution in [0.2, 0.25) is 0 Å². The van der Waals surface area contributed by atoms with Gasteiger partial charge >= 0.3 is 0 Å². The summed E-state index contributed by atoms with van der Waals surface area (Å²) < 4.78 is 0. The number of anilines is 1. The van der Waals surface area contributed by atoms with E-state index in [9.17, 15) is 0 Å². The first-order valence-electron chi connectivity index (χ1n) is 6.30. The molecule has 0 unspecified atom stereocenters. The summed E-state index contributed by atoms with van der Waals surface area (Å²) >= 11 is 3.61. The molecular formula is C13H22N2S2. The van der Waals surface area contributed by atoms with Gasteiger partial charge in [0.25, 0.3) is 0 Å². The predicted molar refractivity (Wildman–Crippen MR) is 82.1 cm³/mol. The maximum absolute atomic E-state index is 4.52. The normalized spacial score (nSPS) is 11.2. The summed E-state index contributed by atoms with van der Waals surface area (Å²) in [7, 11) is 0. The van der Waals surface area contributed by atoms with E-state index in [1.807, 2.05) is 18.0 Å². The zero-order valence-corrected chi connectivity index (χ0v) is 12.6. The number of thiazole rings is 1. The molecule has 0 saturated carbocycles. The van der Waals surface area contributed by atoms with Gasteiger partial charge in [0.05, 0.1) is 0 Å². The minimum absolute atomic E-state index is 1.11. The van der Waals surface area contributed by atoms with Gasteiger partial charge in [-0.1, -0.05) is 32.1 Å². The van der Waals surface area contributed by atoms with E-state index in [4.69, 9.17) is 0 Å². The lowest BCUT2D eigenvalue weighted by Gasteiger charge is -2.19. The summed E-state index contributed by atoms with van der Waals surface area (Å²) in [6.45, 7) is 8.81. The smallest absolute Gasteiger partial charge is 0.185 e. The molecule has 0 fully saturated rings. The molecule has 0 radical (unpaired) electrons. The van der Waals surface area contributed by atoms with E-state index in [-0.39, 0.29) is 0 Å². The monoisotopic (exact) mass is 270 g/mol. The zero-order chi connectivity index (χ0) is 12.5. The minimum atomic E-state index is 1.11. The highest BCUT2D eigenvalue weighted by Crippen LogP contribution is 2.24. The number of aromatic nitrogens is 1. The van der Waals surface area contributed by atoms with Crippen LogP contribution in [0.4, 0.5) is 5.13 Å². The molecule has 96 valence electrons. The molecule has 1 heterocycles. The van der Waals surface area contributed by atoms with Gasteiger partial charge in [-0.2, -0.15) is 0 Å². The molecule has 0 N–H and O–H groups in total. The highest BCUT2D eigenvalue weighted by Gasteiger charge is 2.08. The van der Waals surface area contributed by atoms with Crippen molar-refractivity contribution in [1.82, 2.24) is 4.98 Å². The van der Waals surface area contributed by atoms with Crippen molar-refractivity contribution < 1.29 is 0 Å². The van der Waals surface area contributed by atoms with Crippen LogP contribution in [0.25, 0.3) is 6.08 Å². The van der Waals surface area contributed by atoms with E-state index in [0.29, 0.717) is 0 Å². The fourth-order valence-electron chi connectivity index (χ4n) is 1.55. The molecule has 0 aliphatic heterocycles. The standard InChI is InChI=1S/C13H22N2S2/c1-4-8-15(9-5-2)13-14-11-12(17-13)7-10-16-6-3/h7,10-11H,4-6,8-9H2,1-3H3. The molecule has 2 nitrogen and oxygen atoms in total. The summed E-state index contributed by atoms with van der Waals surface area (Å²) in [5.41, 5.74) is 0. The van der Waals surface area contributed by atoms with Crippen molar-refractivity contribution in [2.75, 3.05) is 23.7 Å². The Hall–Kier alpha value is -0.480. The summed E-state index contributed by atoms with van der Waals surface area (Å²) in [5, 5.41) is 3.32. The van der Waals surface area contributed by atoms with Gasteiger partial charge in [0.1, 0.15) is 0 Å². The molecule has 4 heteroatoms. The molecule has 0 atom stereocenters. The van der Waals surface area contributed by atoms with Crippen LogP contribution < -0.4 is 4.90 Å². The highest BCUT2D eigenvalue weighted by molar-refractivity contribution is 8.02. The van der Waals surface area contributed by atoms with Gasteiger partial charge in [-0.15, -0.1) is 11.8 Å². The van der Waals surface area contributed by atoms with Crippen LogP contribution >= 0.6 is 23.1 Å². The number of thioether (sulfide) groups is 1. The van der Waals surface area contributed by atoms with E-state index >= 15 is 0 Å². The lowest BCUT2D eigenvalue weighted by Crippen LogP contribution is -2.24. The van der Waals surface area contributed by atoms with Crippen molar-refractivity contribution >= 4 is 34.3 Å². The van der Waals surface area contributed by atoms with Crippen LogP contribution in [0.15, 0.2) is 11.6 Å². The third-order valence-corrected chi connectivity index (χ3v) is 3.95. The van der Waals surface area contributed by atoms with Gasteiger partial charge in [0.15, 0.2) is 5.13 Å². The van der Waals surface area contributed by atoms with Crippen LogP contribution in [0, 0.1) is 0 Å². The Balaban J connectivity index is 2.63. The number of hydrogen-bond donors (Lipinski definition) is 0. The van der Waals surface area contributed by atoms with Gasteiger partial charge in [0.2, 0.25) is 0 Å². The quantitative estimate of drug-likeness (QED) is 0.692. The van der Waals surface area contributed by atoms with E-state index < -0.39 is 0 Å². The van der Waals surface area contributed by atoms with Crippen molar-refractivity contribution in [3.8, 4) is 0 Å². The molecule has 0 bridgehead atoms. The van der Waals surface area contributed by atoms with Crippen LogP contribution in [-0.2, 0) is 0 Å². The fraction of sp³-hybridized carbons (Fsp3) is 0.615. The van der Waals surface area contributed by atoms with Gasteiger partial charge in [-0.25, -0.2) is 4.98 Å². The Bertz CT molecular complexity index is 328. The second-order valence-corrected chi connectivity index (χ2v) is 6.01. The van der Waals surface area contributed by atoms with Gasteiger partial charge in [-0.3, -0.25) is 0 Å². The SMILES string of the molecule is CCCN(CCC)c1ncc(C=CSCC)s1. The first kappa shape index (κ1) is 14.6. The number of rotatable bonds is 8. The maximum Gasteiger partial charge on any atom is 0.185 e. The van der Waals surface area contributed by atoms with Crippen molar-refractivity contribution in [2.45, 2.75) is 33.6 Å². The molecule has 0 aromatic carbocycles. The minimum Gasteiger partial charge on any atom is -0.348 e. The van der Waals surface area contributed by atoms with E-state index in [1.54, 1.807) is 11.3 Å². The predicted octanol–water partition coefficient (Wildman–Crippen LogP) is 4.49. The third-order valence-electron chi connectivity index (χ3n) is 2.26. The average molecular weight is 270 g/mol. The Morgan fingerprint density at radius 3 is 2.59 bits per heavy atom. The molecule has 1 rings (SSSR count).